The van der Waals surface area contributed by atoms with E-state index >= 15 is 0 Å². The average molecular weight is 441 g/mol. The fourth-order valence-electron chi connectivity index (χ4n) is 3.20. The van der Waals surface area contributed by atoms with Gasteiger partial charge in [-0.2, -0.15) is 0 Å². The quantitative estimate of drug-likeness (QED) is 0.388. The highest BCUT2D eigenvalue weighted by atomic mass is 16.5. The molecule has 0 radical (unpaired) electrons. The molecule has 0 fully saturated rings. The maximum absolute atomic E-state index is 10.8. The number of pyridine rings is 4. The number of hydrogen-bond donors (Lipinski definition) is 2. The first-order valence-corrected chi connectivity index (χ1v) is 10.5. The van der Waals surface area contributed by atoms with Crippen molar-refractivity contribution in [1.29, 1.82) is 0 Å². The van der Waals surface area contributed by atoms with Gasteiger partial charge in [0.25, 0.3) is 0 Å². The molecule has 0 aliphatic rings. The van der Waals surface area contributed by atoms with Crippen LogP contribution in [0, 0.1) is 13.8 Å². The molecule has 0 saturated carbocycles. The normalized spacial score (nSPS) is 10.6. The second-order valence-electron chi connectivity index (χ2n) is 7.50. The Morgan fingerprint density at radius 2 is 1.76 bits per heavy atom. The summed E-state index contributed by atoms with van der Waals surface area (Å²) < 4.78 is 6.20. The Bertz CT molecular complexity index is 1280. The summed E-state index contributed by atoms with van der Waals surface area (Å²) in [7, 11) is 0. The third-order valence-electron chi connectivity index (χ3n) is 5.01. The molecule has 2 N–H and O–H groups in total. The molecule has 8 nitrogen and oxygen atoms in total. The van der Waals surface area contributed by atoms with Gasteiger partial charge in [0.05, 0.1) is 5.69 Å². The van der Waals surface area contributed by atoms with E-state index in [1.54, 1.807) is 36.8 Å². The summed E-state index contributed by atoms with van der Waals surface area (Å²) in [5, 5.41) is 12.0. The molecular weight excluding hydrogens is 418 g/mol. The monoisotopic (exact) mass is 441 g/mol. The minimum Gasteiger partial charge on any atom is -0.481 e. The van der Waals surface area contributed by atoms with Crippen LogP contribution in [0.2, 0.25) is 0 Å². The van der Waals surface area contributed by atoms with E-state index in [-0.39, 0.29) is 6.42 Å². The largest absolute Gasteiger partial charge is 0.481 e. The zero-order valence-corrected chi connectivity index (χ0v) is 18.3. The number of carboxylic acids is 1. The SMILES string of the molecule is Cc1cc(Oc2ccnc(Nc3cc(CCC(=O)O)ccn3)c2)c(-c2ccccn2)nc1C. The number of nitrogens with zero attached hydrogens (tertiary/aromatic N) is 4. The van der Waals surface area contributed by atoms with E-state index < -0.39 is 5.97 Å². The van der Waals surface area contributed by atoms with Crippen LogP contribution in [0.5, 0.6) is 11.5 Å². The lowest BCUT2D eigenvalue weighted by Gasteiger charge is -2.13. The minimum atomic E-state index is -0.834. The molecule has 0 amide bonds. The standard InChI is InChI=1S/C25H23N5O3/c1-16-13-21(25(29-17(16)2)20-5-3-4-10-26-20)33-19-9-12-28-23(15-19)30-22-14-18(8-11-27-22)6-7-24(31)32/h3-5,8-15H,6-7H2,1-2H3,(H,31,32)(H,27,28,30). The van der Waals surface area contributed by atoms with Crippen molar-refractivity contribution in [3.8, 4) is 22.9 Å². The molecule has 0 spiro atoms. The van der Waals surface area contributed by atoms with Crippen molar-refractivity contribution in [3.05, 3.63) is 83.9 Å². The molecular formula is C25H23N5O3. The van der Waals surface area contributed by atoms with E-state index in [4.69, 9.17) is 14.8 Å². The van der Waals surface area contributed by atoms with Gasteiger partial charge in [-0.3, -0.25) is 9.78 Å². The molecule has 8 heteroatoms. The molecule has 0 aliphatic carbocycles. The number of nitrogens with one attached hydrogen (secondary N) is 1. The summed E-state index contributed by atoms with van der Waals surface area (Å²) in [5.41, 5.74) is 4.19. The van der Waals surface area contributed by atoms with E-state index in [2.05, 4.69) is 20.3 Å². The summed E-state index contributed by atoms with van der Waals surface area (Å²) in [6.07, 6.45) is 5.50. The van der Waals surface area contributed by atoms with Crippen LogP contribution in [0.25, 0.3) is 11.4 Å². The van der Waals surface area contributed by atoms with E-state index in [0.717, 1.165) is 22.5 Å². The van der Waals surface area contributed by atoms with Crippen molar-refractivity contribution in [2.24, 2.45) is 0 Å². The van der Waals surface area contributed by atoms with Crippen molar-refractivity contribution >= 4 is 17.6 Å². The van der Waals surface area contributed by atoms with Gasteiger partial charge in [-0.25, -0.2) is 15.0 Å². The second-order valence-corrected chi connectivity index (χ2v) is 7.50. The average Bonchev–Trinajstić information content (AvgIpc) is 2.81. The van der Waals surface area contributed by atoms with E-state index in [1.807, 2.05) is 44.2 Å². The number of ether oxygens (including phenoxy) is 1. The molecule has 0 atom stereocenters. The summed E-state index contributed by atoms with van der Waals surface area (Å²) in [5.74, 6) is 1.47. The number of anilines is 2. The topological polar surface area (TPSA) is 110 Å². The van der Waals surface area contributed by atoms with Crippen LogP contribution in [-0.4, -0.2) is 31.0 Å². The van der Waals surface area contributed by atoms with Gasteiger partial charge < -0.3 is 15.2 Å². The van der Waals surface area contributed by atoms with Gasteiger partial charge in [0.15, 0.2) is 5.75 Å². The summed E-state index contributed by atoms with van der Waals surface area (Å²) in [4.78, 5) is 28.6. The van der Waals surface area contributed by atoms with Gasteiger partial charge in [-0.05, 0) is 67.8 Å². The predicted molar refractivity (Wildman–Crippen MR) is 125 cm³/mol. The van der Waals surface area contributed by atoms with Crippen LogP contribution in [0.1, 0.15) is 23.2 Å². The lowest BCUT2D eigenvalue weighted by Crippen LogP contribution is -2.00. The fourth-order valence-corrected chi connectivity index (χ4v) is 3.20. The number of carboxylic acid groups (broad SMARTS) is 1. The van der Waals surface area contributed by atoms with Crippen LogP contribution in [-0.2, 0) is 11.2 Å². The lowest BCUT2D eigenvalue weighted by atomic mass is 10.1. The molecule has 0 aliphatic heterocycles. The third-order valence-corrected chi connectivity index (χ3v) is 5.01. The third kappa shape index (κ3) is 5.68. The fraction of sp³-hybridized carbons (Fsp3) is 0.160. The highest BCUT2D eigenvalue weighted by Gasteiger charge is 2.13. The first kappa shape index (κ1) is 21.9. The Kier molecular flexibility index (Phi) is 6.54. The smallest absolute Gasteiger partial charge is 0.303 e. The van der Waals surface area contributed by atoms with Crippen molar-refractivity contribution < 1.29 is 14.6 Å². The molecule has 4 aromatic rings. The zero-order valence-electron chi connectivity index (χ0n) is 18.3. The first-order chi connectivity index (χ1) is 16.0. The first-order valence-electron chi connectivity index (χ1n) is 10.5. The number of rotatable bonds is 8. The van der Waals surface area contributed by atoms with Gasteiger partial charge >= 0.3 is 5.97 Å². The molecule has 4 rings (SSSR count). The Balaban J connectivity index is 1.57. The van der Waals surface area contributed by atoms with E-state index in [1.165, 1.54) is 0 Å². The number of carbonyl (C=O) groups is 1. The number of aromatic nitrogens is 4. The summed E-state index contributed by atoms with van der Waals surface area (Å²) >= 11 is 0. The Hall–Kier alpha value is -4.33. The molecule has 33 heavy (non-hydrogen) atoms. The van der Waals surface area contributed by atoms with Crippen LogP contribution in [0.4, 0.5) is 11.6 Å². The highest BCUT2D eigenvalue weighted by molar-refractivity contribution is 5.67. The molecule has 0 aromatic carbocycles. The van der Waals surface area contributed by atoms with E-state index in [9.17, 15) is 4.79 Å². The van der Waals surface area contributed by atoms with Gasteiger partial charge in [0, 0.05) is 36.8 Å². The van der Waals surface area contributed by atoms with Gasteiger partial charge in [-0.1, -0.05) is 6.07 Å². The Morgan fingerprint density at radius 3 is 2.52 bits per heavy atom. The maximum Gasteiger partial charge on any atom is 0.303 e. The Labute approximate surface area is 191 Å². The number of hydrogen-bond acceptors (Lipinski definition) is 7. The lowest BCUT2D eigenvalue weighted by molar-refractivity contribution is -0.136. The zero-order chi connectivity index (χ0) is 23.2. The molecule has 0 bridgehead atoms. The number of aliphatic carboxylic acids is 1. The number of aryl methyl sites for hydroxylation is 3. The Morgan fingerprint density at radius 1 is 0.970 bits per heavy atom. The van der Waals surface area contributed by atoms with E-state index in [0.29, 0.717) is 35.2 Å². The van der Waals surface area contributed by atoms with Crippen LogP contribution >= 0.6 is 0 Å². The minimum absolute atomic E-state index is 0.0631. The van der Waals surface area contributed by atoms with Crippen molar-refractivity contribution in [3.63, 3.8) is 0 Å². The summed E-state index contributed by atoms with van der Waals surface area (Å²) in [6.45, 7) is 3.94. The van der Waals surface area contributed by atoms with Gasteiger partial charge in [0.2, 0.25) is 0 Å². The van der Waals surface area contributed by atoms with Crippen LogP contribution in [0.3, 0.4) is 0 Å². The maximum atomic E-state index is 10.8. The molecule has 0 unspecified atom stereocenters. The summed E-state index contributed by atoms with van der Waals surface area (Å²) in [6, 6.07) is 14.8. The van der Waals surface area contributed by atoms with Crippen LogP contribution in [0.15, 0.2) is 67.1 Å². The molecule has 166 valence electrons. The van der Waals surface area contributed by atoms with Crippen molar-refractivity contribution in [2.75, 3.05) is 5.32 Å². The molecule has 4 heterocycles. The molecule has 0 saturated heterocycles. The second kappa shape index (κ2) is 9.86. The van der Waals surface area contributed by atoms with Gasteiger partial charge in [-0.15, -0.1) is 0 Å². The predicted octanol–water partition coefficient (Wildman–Crippen LogP) is 5.10. The van der Waals surface area contributed by atoms with Gasteiger partial charge in [0.1, 0.15) is 23.1 Å². The molecule has 4 aromatic heterocycles. The highest BCUT2D eigenvalue weighted by Crippen LogP contribution is 2.33. The van der Waals surface area contributed by atoms with Crippen molar-refractivity contribution in [1.82, 2.24) is 19.9 Å². The van der Waals surface area contributed by atoms with Crippen LogP contribution < -0.4 is 10.1 Å². The van der Waals surface area contributed by atoms with Crippen molar-refractivity contribution in [2.45, 2.75) is 26.7 Å².